The molecule has 132 valence electrons. The third kappa shape index (κ3) is 5.09. The molecule has 1 heterocycles. The van der Waals surface area contributed by atoms with Crippen LogP contribution in [0.2, 0.25) is 0 Å². The summed E-state index contributed by atoms with van der Waals surface area (Å²) in [7, 11) is 0. The first kappa shape index (κ1) is 18.0. The number of nitrogens with one attached hydrogen (secondary N) is 2. The molecule has 1 aliphatic carbocycles. The van der Waals surface area contributed by atoms with E-state index in [0.29, 0.717) is 31.5 Å². The van der Waals surface area contributed by atoms with Crippen LogP contribution in [0.5, 0.6) is 0 Å². The van der Waals surface area contributed by atoms with Crippen molar-refractivity contribution >= 4 is 11.9 Å². The fraction of sp³-hybridized carbons (Fsp3) is 0.882. The number of nitrogens with two attached hydrogens (primary N) is 1. The van der Waals surface area contributed by atoms with E-state index in [1.165, 1.54) is 0 Å². The van der Waals surface area contributed by atoms with E-state index in [1.54, 1.807) is 4.90 Å². The average Bonchev–Trinajstić information content (AvgIpc) is 2.99. The molecule has 0 aromatic heterocycles. The Morgan fingerprint density at radius 3 is 2.70 bits per heavy atom. The first-order chi connectivity index (χ1) is 11.0. The normalized spacial score (nSPS) is 28.0. The lowest BCUT2D eigenvalue weighted by Crippen LogP contribution is -2.51. The standard InChI is InChI=1S/C17H32N4O2/c1-12(2)10-19-17(23)21-8-4-6-14(11-21)16(22)20-15-7-3-5-13(15)9-18/h12-15H,3-11,18H2,1-2H3,(H,19,23)(H,20,22). The predicted octanol–water partition coefficient (Wildman–Crippen LogP) is 1.31. The topological polar surface area (TPSA) is 87.5 Å². The molecule has 2 fully saturated rings. The lowest BCUT2D eigenvalue weighted by Gasteiger charge is -2.33. The van der Waals surface area contributed by atoms with Crippen molar-refractivity contribution in [1.82, 2.24) is 15.5 Å². The highest BCUT2D eigenvalue weighted by atomic mass is 16.2. The zero-order valence-electron chi connectivity index (χ0n) is 14.5. The van der Waals surface area contributed by atoms with Crippen LogP contribution in [0.4, 0.5) is 4.79 Å². The molecule has 0 radical (unpaired) electrons. The molecule has 6 nitrogen and oxygen atoms in total. The van der Waals surface area contributed by atoms with Crippen LogP contribution in [-0.2, 0) is 4.79 Å². The predicted molar refractivity (Wildman–Crippen MR) is 90.9 cm³/mol. The van der Waals surface area contributed by atoms with E-state index in [1.807, 2.05) is 0 Å². The van der Waals surface area contributed by atoms with Gasteiger partial charge in [0.1, 0.15) is 0 Å². The first-order valence-electron chi connectivity index (χ1n) is 9.04. The number of likely N-dealkylation sites (tertiary alicyclic amines) is 1. The molecule has 0 bridgehead atoms. The van der Waals surface area contributed by atoms with Gasteiger partial charge in [-0.3, -0.25) is 4.79 Å². The summed E-state index contributed by atoms with van der Waals surface area (Å²) < 4.78 is 0. The summed E-state index contributed by atoms with van der Waals surface area (Å²) >= 11 is 0. The van der Waals surface area contributed by atoms with E-state index >= 15 is 0 Å². The molecule has 0 aromatic rings. The van der Waals surface area contributed by atoms with Gasteiger partial charge in [-0.05, 0) is 44.1 Å². The lowest BCUT2D eigenvalue weighted by molar-refractivity contribution is -0.127. The van der Waals surface area contributed by atoms with E-state index in [9.17, 15) is 9.59 Å². The van der Waals surface area contributed by atoms with Crippen molar-refractivity contribution in [2.45, 2.75) is 52.0 Å². The molecule has 1 saturated carbocycles. The van der Waals surface area contributed by atoms with E-state index < -0.39 is 0 Å². The molecule has 0 spiro atoms. The zero-order chi connectivity index (χ0) is 16.8. The van der Waals surface area contributed by atoms with E-state index in [-0.39, 0.29) is 23.9 Å². The van der Waals surface area contributed by atoms with Gasteiger partial charge in [-0.15, -0.1) is 0 Å². The molecule has 2 aliphatic rings. The number of hydrogen-bond donors (Lipinski definition) is 3. The Morgan fingerprint density at radius 2 is 2.00 bits per heavy atom. The van der Waals surface area contributed by atoms with Crippen LogP contribution in [-0.4, -0.2) is 49.1 Å². The maximum atomic E-state index is 12.5. The van der Waals surface area contributed by atoms with Crippen LogP contribution in [0, 0.1) is 17.8 Å². The van der Waals surface area contributed by atoms with Gasteiger partial charge in [0.15, 0.2) is 0 Å². The van der Waals surface area contributed by atoms with Crippen molar-refractivity contribution < 1.29 is 9.59 Å². The summed E-state index contributed by atoms with van der Waals surface area (Å²) in [6.45, 7) is 6.72. The Labute approximate surface area is 139 Å². The zero-order valence-corrected chi connectivity index (χ0v) is 14.5. The van der Waals surface area contributed by atoms with Gasteiger partial charge in [-0.1, -0.05) is 20.3 Å². The Morgan fingerprint density at radius 1 is 1.22 bits per heavy atom. The quantitative estimate of drug-likeness (QED) is 0.712. The largest absolute Gasteiger partial charge is 0.353 e. The molecular weight excluding hydrogens is 292 g/mol. The molecule has 1 saturated heterocycles. The van der Waals surface area contributed by atoms with Crippen LogP contribution in [0.15, 0.2) is 0 Å². The van der Waals surface area contributed by atoms with Crippen LogP contribution >= 0.6 is 0 Å². The van der Waals surface area contributed by atoms with Gasteiger partial charge in [-0.25, -0.2) is 4.79 Å². The van der Waals surface area contributed by atoms with Crippen molar-refractivity contribution in [3.05, 3.63) is 0 Å². The second kappa shape index (κ2) is 8.52. The number of hydrogen-bond acceptors (Lipinski definition) is 3. The van der Waals surface area contributed by atoms with Crippen molar-refractivity contribution in [1.29, 1.82) is 0 Å². The summed E-state index contributed by atoms with van der Waals surface area (Å²) in [6.07, 6.45) is 5.02. The van der Waals surface area contributed by atoms with Gasteiger partial charge in [0.25, 0.3) is 0 Å². The third-order valence-electron chi connectivity index (χ3n) is 5.03. The molecule has 3 atom stereocenters. The van der Waals surface area contributed by atoms with E-state index in [0.717, 1.165) is 38.6 Å². The average molecular weight is 324 g/mol. The number of urea groups is 1. The van der Waals surface area contributed by atoms with Crippen molar-refractivity contribution in [2.75, 3.05) is 26.2 Å². The first-order valence-corrected chi connectivity index (χ1v) is 9.04. The molecular formula is C17H32N4O2. The smallest absolute Gasteiger partial charge is 0.317 e. The number of amides is 3. The lowest BCUT2D eigenvalue weighted by atomic mass is 9.96. The molecule has 1 aliphatic heterocycles. The van der Waals surface area contributed by atoms with Gasteiger partial charge in [0, 0.05) is 25.7 Å². The second-order valence-corrected chi connectivity index (χ2v) is 7.41. The van der Waals surface area contributed by atoms with Gasteiger partial charge >= 0.3 is 6.03 Å². The summed E-state index contributed by atoms with van der Waals surface area (Å²) in [5.41, 5.74) is 5.79. The van der Waals surface area contributed by atoms with Crippen molar-refractivity contribution in [3.8, 4) is 0 Å². The minimum atomic E-state index is -0.0902. The van der Waals surface area contributed by atoms with E-state index in [2.05, 4.69) is 24.5 Å². The molecule has 4 N–H and O–H groups in total. The second-order valence-electron chi connectivity index (χ2n) is 7.41. The Hall–Kier alpha value is -1.30. The number of carbonyl (C=O) groups excluding carboxylic acids is 2. The van der Waals surface area contributed by atoms with E-state index in [4.69, 9.17) is 5.73 Å². The number of carbonyl (C=O) groups is 2. The summed E-state index contributed by atoms with van der Waals surface area (Å²) in [5, 5.41) is 6.12. The van der Waals surface area contributed by atoms with Crippen molar-refractivity contribution in [2.24, 2.45) is 23.5 Å². The number of nitrogens with zero attached hydrogens (tertiary/aromatic N) is 1. The fourth-order valence-electron chi connectivity index (χ4n) is 3.59. The van der Waals surface area contributed by atoms with Gasteiger partial charge in [0.2, 0.25) is 5.91 Å². The summed E-state index contributed by atoms with van der Waals surface area (Å²) in [6, 6.07) is 0.176. The molecule has 0 aromatic carbocycles. The van der Waals surface area contributed by atoms with Gasteiger partial charge in [0.05, 0.1) is 5.92 Å². The minimum Gasteiger partial charge on any atom is -0.353 e. The highest BCUT2D eigenvalue weighted by molar-refractivity contribution is 5.81. The molecule has 23 heavy (non-hydrogen) atoms. The van der Waals surface area contributed by atoms with Gasteiger partial charge in [-0.2, -0.15) is 0 Å². The molecule has 2 rings (SSSR count). The van der Waals surface area contributed by atoms with Crippen LogP contribution in [0.1, 0.15) is 46.0 Å². The van der Waals surface area contributed by atoms with Crippen LogP contribution in [0.25, 0.3) is 0 Å². The Bertz CT molecular complexity index is 413. The molecule has 3 amide bonds. The SMILES string of the molecule is CC(C)CNC(=O)N1CCCC(C(=O)NC2CCCC2CN)C1. The molecule has 3 unspecified atom stereocenters. The Kier molecular flexibility index (Phi) is 6.69. The maximum Gasteiger partial charge on any atom is 0.317 e. The van der Waals surface area contributed by atoms with Gasteiger partial charge < -0.3 is 21.3 Å². The maximum absolute atomic E-state index is 12.5. The highest BCUT2D eigenvalue weighted by Crippen LogP contribution is 2.25. The highest BCUT2D eigenvalue weighted by Gasteiger charge is 2.32. The molecule has 6 heteroatoms. The third-order valence-corrected chi connectivity index (χ3v) is 5.03. The Balaban J connectivity index is 1.82. The fourth-order valence-corrected chi connectivity index (χ4v) is 3.59. The summed E-state index contributed by atoms with van der Waals surface area (Å²) in [5.74, 6) is 0.843. The summed E-state index contributed by atoms with van der Waals surface area (Å²) in [4.78, 5) is 26.5. The van der Waals surface area contributed by atoms with Crippen LogP contribution in [0.3, 0.4) is 0 Å². The van der Waals surface area contributed by atoms with Crippen molar-refractivity contribution in [3.63, 3.8) is 0 Å². The van der Waals surface area contributed by atoms with Crippen LogP contribution < -0.4 is 16.4 Å². The number of piperidine rings is 1. The monoisotopic (exact) mass is 324 g/mol. The minimum absolute atomic E-state index is 0.0445. The number of rotatable bonds is 5.